The molecule has 8 heteroatoms. The van der Waals surface area contributed by atoms with Crippen molar-refractivity contribution < 1.29 is 9.18 Å². The van der Waals surface area contributed by atoms with Crippen molar-refractivity contribution in [2.24, 2.45) is 0 Å². The van der Waals surface area contributed by atoms with Crippen molar-refractivity contribution in [2.75, 3.05) is 5.32 Å². The number of halogens is 1. The molecule has 136 valence electrons. The molecule has 1 unspecified atom stereocenters. The molecule has 0 spiro atoms. The van der Waals surface area contributed by atoms with Crippen molar-refractivity contribution in [2.45, 2.75) is 56.3 Å². The van der Waals surface area contributed by atoms with E-state index in [1.165, 1.54) is 35.2 Å². The first-order valence-corrected chi connectivity index (χ1v) is 9.82. The van der Waals surface area contributed by atoms with Crippen LogP contribution in [0.2, 0.25) is 0 Å². The first-order chi connectivity index (χ1) is 11.8. The Balaban J connectivity index is 2.00. The highest BCUT2D eigenvalue weighted by molar-refractivity contribution is 8.02. The number of aromatic nitrogens is 2. The summed E-state index contributed by atoms with van der Waals surface area (Å²) in [7, 11) is 0. The van der Waals surface area contributed by atoms with Crippen LogP contribution in [0.5, 0.6) is 0 Å². The Morgan fingerprint density at radius 1 is 1.12 bits per heavy atom. The van der Waals surface area contributed by atoms with Crippen molar-refractivity contribution in [1.29, 1.82) is 0 Å². The van der Waals surface area contributed by atoms with Gasteiger partial charge in [-0.3, -0.25) is 4.79 Å². The number of hydrogen-bond donors (Lipinski definition) is 1. The van der Waals surface area contributed by atoms with Crippen LogP contribution in [-0.4, -0.2) is 38.3 Å². The number of carbonyl (C=O) groups excluding carboxylic acids is 1. The molecular formula is C17H23FN4OS2. The van der Waals surface area contributed by atoms with Gasteiger partial charge in [-0.25, -0.2) is 4.39 Å². The fraction of sp³-hybridized carbons (Fsp3) is 0.471. The van der Waals surface area contributed by atoms with Crippen molar-refractivity contribution in [3.8, 4) is 0 Å². The minimum Gasteiger partial charge on any atom is -0.337 e. The predicted octanol–water partition coefficient (Wildman–Crippen LogP) is 4.55. The van der Waals surface area contributed by atoms with Crippen LogP contribution >= 0.6 is 23.1 Å². The molecule has 1 heterocycles. The van der Waals surface area contributed by atoms with Crippen LogP contribution in [0.3, 0.4) is 0 Å². The third-order valence-electron chi connectivity index (χ3n) is 3.49. The van der Waals surface area contributed by atoms with Gasteiger partial charge in [-0.2, -0.15) is 0 Å². The molecule has 0 saturated heterocycles. The molecule has 0 aliphatic carbocycles. The monoisotopic (exact) mass is 382 g/mol. The number of anilines is 2. The van der Waals surface area contributed by atoms with Crippen molar-refractivity contribution in [3.05, 3.63) is 30.1 Å². The van der Waals surface area contributed by atoms with Gasteiger partial charge in [0.1, 0.15) is 5.82 Å². The second kappa shape index (κ2) is 8.62. The molecule has 1 aromatic heterocycles. The normalized spacial score (nSPS) is 12.5. The van der Waals surface area contributed by atoms with Crippen LogP contribution in [0.15, 0.2) is 28.6 Å². The lowest BCUT2D eigenvalue weighted by Crippen LogP contribution is -2.45. The van der Waals surface area contributed by atoms with Gasteiger partial charge in [0.05, 0.1) is 5.25 Å². The zero-order valence-electron chi connectivity index (χ0n) is 15.0. The number of nitrogens with one attached hydrogen (secondary N) is 1. The zero-order chi connectivity index (χ0) is 18.6. The third-order valence-corrected chi connectivity index (χ3v) is 5.50. The fourth-order valence-electron chi connectivity index (χ4n) is 2.48. The molecule has 1 amide bonds. The summed E-state index contributed by atoms with van der Waals surface area (Å²) in [5.41, 5.74) is 0.740. The van der Waals surface area contributed by atoms with E-state index in [9.17, 15) is 9.18 Å². The molecule has 0 bridgehead atoms. The van der Waals surface area contributed by atoms with Crippen molar-refractivity contribution in [3.63, 3.8) is 0 Å². The molecule has 2 aromatic rings. The maximum Gasteiger partial charge on any atom is 0.236 e. The Bertz CT molecular complexity index is 695. The molecule has 0 radical (unpaired) electrons. The molecule has 1 aromatic carbocycles. The summed E-state index contributed by atoms with van der Waals surface area (Å²) >= 11 is 2.77. The SMILES string of the molecule is CC(Sc1nnc(Nc2ccc(F)cc2)s1)C(=O)N(C(C)C)C(C)C. The van der Waals surface area contributed by atoms with Crippen LogP contribution in [0.4, 0.5) is 15.2 Å². The lowest BCUT2D eigenvalue weighted by Gasteiger charge is -2.32. The van der Waals surface area contributed by atoms with Gasteiger partial charge in [0.25, 0.3) is 0 Å². The van der Waals surface area contributed by atoms with E-state index in [0.29, 0.717) is 5.13 Å². The first kappa shape index (κ1) is 19.7. The van der Waals surface area contributed by atoms with E-state index in [1.54, 1.807) is 12.1 Å². The van der Waals surface area contributed by atoms with E-state index in [0.717, 1.165) is 10.0 Å². The molecule has 0 fully saturated rings. The molecular weight excluding hydrogens is 359 g/mol. The second-order valence-corrected chi connectivity index (χ2v) is 8.76. The summed E-state index contributed by atoms with van der Waals surface area (Å²) in [4.78, 5) is 14.6. The van der Waals surface area contributed by atoms with Crippen molar-refractivity contribution in [1.82, 2.24) is 15.1 Å². The molecule has 2 rings (SSSR count). The Hall–Kier alpha value is -1.67. The minimum absolute atomic E-state index is 0.0956. The Labute approximate surface area is 156 Å². The van der Waals surface area contributed by atoms with Gasteiger partial charge < -0.3 is 10.2 Å². The zero-order valence-corrected chi connectivity index (χ0v) is 16.6. The molecule has 1 atom stereocenters. The smallest absolute Gasteiger partial charge is 0.236 e. The maximum atomic E-state index is 12.9. The average Bonchev–Trinajstić information content (AvgIpc) is 2.95. The number of thioether (sulfide) groups is 1. The predicted molar refractivity (Wildman–Crippen MR) is 102 cm³/mol. The molecule has 0 aliphatic rings. The molecule has 0 aliphatic heterocycles. The summed E-state index contributed by atoms with van der Waals surface area (Å²) in [6.45, 7) is 9.96. The highest BCUT2D eigenvalue weighted by Gasteiger charge is 2.26. The van der Waals surface area contributed by atoms with Crippen molar-refractivity contribution >= 4 is 39.8 Å². The average molecular weight is 383 g/mol. The number of rotatable bonds is 7. The lowest BCUT2D eigenvalue weighted by molar-refractivity contribution is -0.133. The lowest BCUT2D eigenvalue weighted by atomic mass is 10.2. The van der Waals surface area contributed by atoms with Gasteiger partial charge in [0, 0.05) is 17.8 Å². The third kappa shape index (κ3) is 5.40. The van der Waals surface area contributed by atoms with E-state index < -0.39 is 0 Å². The topological polar surface area (TPSA) is 58.1 Å². The van der Waals surface area contributed by atoms with E-state index in [-0.39, 0.29) is 29.1 Å². The molecule has 1 N–H and O–H groups in total. The second-order valence-electron chi connectivity index (χ2n) is 6.20. The molecule has 25 heavy (non-hydrogen) atoms. The van der Waals surface area contributed by atoms with Gasteiger partial charge in [0.2, 0.25) is 11.0 Å². The van der Waals surface area contributed by atoms with E-state index in [1.807, 2.05) is 39.5 Å². The summed E-state index contributed by atoms with van der Waals surface area (Å²) in [5.74, 6) is -0.190. The van der Waals surface area contributed by atoms with Gasteiger partial charge in [-0.15, -0.1) is 10.2 Å². The number of benzene rings is 1. The Morgan fingerprint density at radius 3 is 2.28 bits per heavy atom. The fourth-order valence-corrected chi connectivity index (χ4v) is 4.45. The number of nitrogens with zero attached hydrogens (tertiary/aromatic N) is 3. The van der Waals surface area contributed by atoms with Gasteiger partial charge in [-0.1, -0.05) is 23.1 Å². The van der Waals surface area contributed by atoms with Crippen LogP contribution in [-0.2, 0) is 4.79 Å². The van der Waals surface area contributed by atoms with Gasteiger partial charge >= 0.3 is 0 Å². The maximum absolute atomic E-state index is 12.9. The van der Waals surface area contributed by atoms with Gasteiger partial charge in [0.15, 0.2) is 4.34 Å². The Morgan fingerprint density at radius 2 is 1.72 bits per heavy atom. The highest BCUT2D eigenvalue weighted by atomic mass is 32.2. The summed E-state index contributed by atoms with van der Waals surface area (Å²) in [5, 5.41) is 11.7. The van der Waals surface area contributed by atoms with E-state index in [4.69, 9.17) is 0 Å². The largest absolute Gasteiger partial charge is 0.337 e. The number of hydrogen-bond acceptors (Lipinski definition) is 6. The first-order valence-electron chi connectivity index (χ1n) is 8.13. The minimum atomic E-state index is -0.286. The summed E-state index contributed by atoms with van der Waals surface area (Å²) < 4.78 is 13.7. The van der Waals surface area contributed by atoms with E-state index in [2.05, 4.69) is 15.5 Å². The molecule has 0 saturated carbocycles. The standard InChI is InChI=1S/C17H23FN4OS2/c1-10(2)22(11(3)4)15(23)12(5)24-17-21-20-16(25-17)19-14-8-6-13(18)7-9-14/h6-12H,1-5H3,(H,19,20). The van der Waals surface area contributed by atoms with Crippen LogP contribution in [0, 0.1) is 5.82 Å². The summed E-state index contributed by atoms with van der Waals surface area (Å²) in [6.07, 6.45) is 0. The molecule has 5 nitrogen and oxygen atoms in total. The number of carbonyl (C=O) groups is 1. The van der Waals surface area contributed by atoms with Crippen LogP contribution in [0.1, 0.15) is 34.6 Å². The Kier molecular flexibility index (Phi) is 6.78. The quantitative estimate of drug-likeness (QED) is 0.712. The van der Waals surface area contributed by atoms with Crippen LogP contribution in [0.25, 0.3) is 0 Å². The van der Waals surface area contributed by atoms with Crippen LogP contribution < -0.4 is 5.32 Å². The number of amides is 1. The summed E-state index contributed by atoms with van der Waals surface area (Å²) in [6, 6.07) is 6.34. The van der Waals surface area contributed by atoms with E-state index >= 15 is 0 Å². The van der Waals surface area contributed by atoms with Gasteiger partial charge in [-0.05, 0) is 58.9 Å². The highest BCUT2D eigenvalue weighted by Crippen LogP contribution is 2.31.